The van der Waals surface area contributed by atoms with Crippen LogP contribution in [0.2, 0.25) is 0 Å². The number of hydrogen-bond donors (Lipinski definition) is 1. The normalized spacial score (nSPS) is 26.7. The van der Waals surface area contributed by atoms with Crippen LogP contribution >= 0.6 is 0 Å². The summed E-state index contributed by atoms with van der Waals surface area (Å²) >= 11 is 0. The molecule has 9 heteroatoms. The minimum absolute atomic E-state index is 0.117. The summed E-state index contributed by atoms with van der Waals surface area (Å²) in [5.41, 5.74) is 0. The molecule has 2 aliphatic heterocycles. The molecular weight excluding hydrogens is 385 g/mol. The summed E-state index contributed by atoms with van der Waals surface area (Å²) < 4.78 is 40.6. The lowest BCUT2D eigenvalue weighted by Crippen LogP contribution is -3.16. The molecule has 0 radical (unpaired) electrons. The second-order valence-electron chi connectivity index (χ2n) is 7.50. The third kappa shape index (κ3) is 3.27. The van der Waals surface area contributed by atoms with Gasteiger partial charge in [-0.15, -0.1) is 0 Å². The SMILES string of the molecule is O=C1[C@@H]2CC=CC[C@H]2C(=O)N1C[NH+]1CCN(S(=O)(=O)c2ccccc2F)CC1. The predicted octanol–water partition coefficient (Wildman–Crippen LogP) is -0.376. The van der Waals surface area contributed by atoms with Crippen LogP contribution in [0.25, 0.3) is 0 Å². The lowest BCUT2D eigenvalue weighted by atomic mass is 9.85. The number of halogens is 1. The van der Waals surface area contributed by atoms with E-state index in [-0.39, 0.29) is 48.3 Å². The van der Waals surface area contributed by atoms with Gasteiger partial charge >= 0.3 is 0 Å². The van der Waals surface area contributed by atoms with E-state index in [0.717, 1.165) is 11.0 Å². The molecule has 0 unspecified atom stereocenters. The number of benzene rings is 1. The van der Waals surface area contributed by atoms with Crippen molar-refractivity contribution < 1.29 is 27.3 Å². The van der Waals surface area contributed by atoms with Crippen molar-refractivity contribution in [1.29, 1.82) is 0 Å². The van der Waals surface area contributed by atoms with Crippen molar-refractivity contribution >= 4 is 21.8 Å². The molecule has 0 saturated carbocycles. The average molecular weight is 408 g/mol. The number of piperazine rings is 1. The first-order valence-corrected chi connectivity index (χ1v) is 10.9. The number of quaternary nitrogens is 1. The van der Waals surface area contributed by atoms with E-state index < -0.39 is 15.8 Å². The summed E-state index contributed by atoms with van der Waals surface area (Å²) in [4.78, 5) is 27.2. The second-order valence-corrected chi connectivity index (χ2v) is 9.41. The highest BCUT2D eigenvalue weighted by Crippen LogP contribution is 2.34. The largest absolute Gasteiger partial charge is 0.315 e. The Kier molecular flexibility index (Phi) is 5.07. The van der Waals surface area contributed by atoms with Crippen molar-refractivity contribution in [3.63, 3.8) is 0 Å². The Balaban J connectivity index is 1.39. The van der Waals surface area contributed by atoms with Gasteiger partial charge in [-0.25, -0.2) is 17.7 Å². The van der Waals surface area contributed by atoms with Crippen molar-refractivity contribution in [2.24, 2.45) is 11.8 Å². The zero-order valence-electron chi connectivity index (χ0n) is 15.4. The van der Waals surface area contributed by atoms with Crippen LogP contribution in [-0.2, 0) is 19.6 Å². The van der Waals surface area contributed by atoms with Crippen LogP contribution in [0.5, 0.6) is 0 Å². The number of carbonyl (C=O) groups is 2. The van der Waals surface area contributed by atoms with Gasteiger partial charge in [-0.3, -0.25) is 9.59 Å². The number of nitrogens with zero attached hydrogens (tertiary/aromatic N) is 2. The first-order chi connectivity index (χ1) is 13.4. The number of fused-ring (bicyclic) bond motifs is 1. The molecule has 28 heavy (non-hydrogen) atoms. The highest BCUT2D eigenvalue weighted by molar-refractivity contribution is 7.89. The fourth-order valence-electron chi connectivity index (χ4n) is 4.24. The lowest BCUT2D eigenvalue weighted by Gasteiger charge is -2.33. The zero-order chi connectivity index (χ0) is 19.9. The molecule has 2 saturated heterocycles. The summed E-state index contributed by atoms with van der Waals surface area (Å²) in [6.07, 6.45) is 5.12. The number of sulfonamides is 1. The van der Waals surface area contributed by atoms with E-state index in [1.165, 1.54) is 27.4 Å². The maximum Gasteiger partial charge on any atom is 0.246 e. The van der Waals surface area contributed by atoms with Crippen LogP contribution in [0.1, 0.15) is 12.8 Å². The fourth-order valence-corrected chi connectivity index (χ4v) is 5.75. The van der Waals surface area contributed by atoms with E-state index in [4.69, 9.17) is 0 Å². The van der Waals surface area contributed by atoms with Gasteiger partial charge in [0.15, 0.2) is 6.67 Å². The maximum absolute atomic E-state index is 13.9. The molecule has 1 N–H and O–H groups in total. The Morgan fingerprint density at radius 2 is 1.57 bits per heavy atom. The zero-order valence-corrected chi connectivity index (χ0v) is 16.2. The topological polar surface area (TPSA) is 79.2 Å². The van der Waals surface area contributed by atoms with Crippen molar-refractivity contribution in [2.75, 3.05) is 32.8 Å². The van der Waals surface area contributed by atoms with Crippen molar-refractivity contribution in [2.45, 2.75) is 17.7 Å². The van der Waals surface area contributed by atoms with E-state index >= 15 is 0 Å². The van der Waals surface area contributed by atoms with Crippen LogP contribution in [0.3, 0.4) is 0 Å². The van der Waals surface area contributed by atoms with Gasteiger partial charge in [-0.2, -0.15) is 4.31 Å². The van der Waals surface area contributed by atoms with Crippen molar-refractivity contribution in [1.82, 2.24) is 9.21 Å². The first-order valence-electron chi connectivity index (χ1n) is 9.48. The highest BCUT2D eigenvalue weighted by atomic mass is 32.2. The average Bonchev–Trinajstić information content (AvgIpc) is 2.94. The number of likely N-dealkylation sites (tertiary alicyclic amines) is 1. The molecule has 3 aliphatic rings. The molecule has 150 valence electrons. The predicted molar refractivity (Wildman–Crippen MR) is 97.9 cm³/mol. The van der Waals surface area contributed by atoms with E-state index in [0.29, 0.717) is 25.9 Å². The van der Waals surface area contributed by atoms with Gasteiger partial charge in [0.1, 0.15) is 10.7 Å². The van der Waals surface area contributed by atoms with Gasteiger partial charge in [0.2, 0.25) is 21.8 Å². The van der Waals surface area contributed by atoms with Gasteiger partial charge in [0.05, 0.1) is 38.0 Å². The molecule has 1 aliphatic carbocycles. The smallest absolute Gasteiger partial charge is 0.246 e. The molecule has 2 amide bonds. The molecule has 7 nitrogen and oxygen atoms in total. The standard InChI is InChI=1S/C19H22FN3O4S/c20-16-7-3-4-8-17(16)28(26,27)22-11-9-21(10-12-22)13-23-18(24)14-5-1-2-6-15(14)19(23)25/h1-4,7-8,14-15H,5-6,9-13H2/p+1/t14-,15-/m1/s1. The minimum atomic E-state index is -3.89. The Morgan fingerprint density at radius 1 is 1.00 bits per heavy atom. The number of amides is 2. The molecule has 0 spiro atoms. The number of allylic oxidation sites excluding steroid dienone is 2. The Bertz CT molecular complexity index is 899. The molecule has 2 fully saturated rings. The molecule has 1 aromatic rings. The van der Waals surface area contributed by atoms with Crippen LogP contribution in [-0.4, -0.2) is 62.3 Å². The highest BCUT2D eigenvalue weighted by Gasteiger charge is 2.48. The number of nitrogens with one attached hydrogen (secondary N) is 1. The van der Waals surface area contributed by atoms with Crippen LogP contribution in [0.15, 0.2) is 41.3 Å². The fraction of sp³-hybridized carbons (Fsp3) is 0.474. The Labute approximate surface area is 163 Å². The molecule has 1 aromatic carbocycles. The van der Waals surface area contributed by atoms with E-state index in [9.17, 15) is 22.4 Å². The van der Waals surface area contributed by atoms with Crippen LogP contribution in [0, 0.1) is 17.7 Å². The summed E-state index contributed by atoms with van der Waals surface area (Å²) in [7, 11) is -3.89. The molecule has 2 heterocycles. The van der Waals surface area contributed by atoms with Crippen molar-refractivity contribution in [3.8, 4) is 0 Å². The van der Waals surface area contributed by atoms with Gasteiger partial charge < -0.3 is 4.90 Å². The molecule has 2 atom stereocenters. The molecule has 4 rings (SSSR count). The van der Waals surface area contributed by atoms with Gasteiger partial charge in [0.25, 0.3) is 0 Å². The Hall–Kier alpha value is -2.10. The van der Waals surface area contributed by atoms with E-state index in [2.05, 4.69) is 0 Å². The van der Waals surface area contributed by atoms with Gasteiger partial charge in [0, 0.05) is 0 Å². The quantitative estimate of drug-likeness (QED) is 0.544. The summed E-state index contributed by atoms with van der Waals surface area (Å²) in [6.45, 7) is 1.61. The molecular formula is C19H23FN3O4S+. The molecule has 0 aromatic heterocycles. The Morgan fingerprint density at radius 3 is 2.14 bits per heavy atom. The number of rotatable bonds is 4. The van der Waals surface area contributed by atoms with Gasteiger partial charge in [-0.05, 0) is 25.0 Å². The number of imide groups is 1. The summed E-state index contributed by atoms with van der Waals surface area (Å²) in [5, 5.41) is 0. The number of carbonyl (C=O) groups excluding carboxylic acids is 2. The number of hydrogen-bond acceptors (Lipinski definition) is 4. The van der Waals surface area contributed by atoms with Crippen molar-refractivity contribution in [3.05, 3.63) is 42.2 Å². The minimum Gasteiger partial charge on any atom is -0.315 e. The third-order valence-corrected chi connectivity index (χ3v) is 7.80. The van der Waals surface area contributed by atoms with Gasteiger partial charge in [-0.1, -0.05) is 24.3 Å². The second kappa shape index (κ2) is 7.38. The summed E-state index contributed by atoms with van der Waals surface area (Å²) in [5.74, 6) is -1.50. The summed E-state index contributed by atoms with van der Waals surface area (Å²) in [6, 6.07) is 5.35. The van der Waals surface area contributed by atoms with Crippen LogP contribution in [0.4, 0.5) is 4.39 Å². The first kappa shape index (κ1) is 19.2. The third-order valence-electron chi connectivity index (χ3n) is 5.86. The monoisotopic (exact) mass is 408 g/mol. The van der Waals surface area contributed by atoms with E-state index in [1.54, 1.807) is 0 Å². The van der Waals surface area contributed by atoms with E-state index in [1.807, 2.05) is 12.2 Å². The lowest BCUT2D eigenvalue weighted by molar-refractivity contribution is -0.910. The maximum atomic E-state index is 13.9. The van der Waals surface area contributed by atoms with Crippen LogP contribution < -0.4 is 4.90 Å². The molecule has 0 bridgehead atoms.